The summed E-state index contributed by atoms with van der Waals surface area (Å²) in [6, 6.07) is 0.652. The van der Waals surface area contributed by atoms with E-state index < -0.39 is 0 Å². The Hall–Kier alpha value is -0.120. The highest BCUT2D eigenvalue weighted by atomic mass is 16.5. The summed E-state index contributed by atoms with van der Waals surface area (Å²) in [6.45, 7) is 7.29. The molecule has 0 saturated carbocycles. The molecule has 3 atom stereocenters. The molecule has 0 radical (unpaired) electrons. The maximum absolute atomic E-state index is 6.07. The Balaban J connectivity index is 1.89. The molecule has 2 fully saturated rings. The summed E-state index contributed by atoms with van der Waals surface area (Å²) >= 11 is 0. The molecule has 94 valence electrons. The van der Waals surface area contributed by atoms with Gasteiger partial charge in [0.15, 0.2) is 0 Å². The van der Waals surface area contributed by atoms with Gasteiger partial charge in [0.05, 0.1) is 11.7 Å². The second-order valence-electron chi connectivity index (χ2n) is 5.31. The van der Waals surface area contributed by atoms with Gasteiger partial charge in [-0.1, -0.05) is 6.92 Å². The van der Waals surface area contributed by atoms with Gasteiger partial charge >= 0.3 is 0 Å². The first-order valence-corrected chi connectivity index (χ1v) is 6.73. The van der Waals surface area contributed by atoms with Crippen molar-refractivity contribution < 1.29 is 9.47 Å². The third-order valence-corrected chi connectivity index (χ3v) is 3.80. The summed E-state index contributed by atoms with van der Waals surface area (Å²) in [5.74, 6) is 0. The number of nitrogens with one attached hydrogen (secondary N) is 1. The number of hydrogen-bond acceptors (Lipinski definition) is 3. The van der Waals surface area contributed by atoms with E-state index in [0.29, 0.717) is 12.1 Å². The Labute approximate surface area is 98.9 Å². The summed E-state index contributed by atoms with van der Waals surface area (Å²) < 4.78 is 11.7. The van der Waals surface area contributed by atoms with Crippen molar-refractivity contribution in [1.82, 2.24) is 5.32 Å². The first kappa shape index (κ1) is 12.3. The van der Waals surface area contributed by atoms with Gasteiger partial charge in [0.1, 0.15) is 0 Å². The molecule has 2 heterocycles. The fourth-order valence-corrected chi connectivity index (χ4v) is 3.00. The van der Waals surface area contributed by atoms with Crippen molar-refractivity contribution in [2.24, 2.45) is 0 Å². The molecule has 16 heavy (non-hydrogen) atoms. The van der Waals surface area contributed by atoms with Crippen LogP contribution in [-0.4, -0.2) is 37.5 Å². The van der Waals surface area contributed by atoms with Crippen LogP contribution in [0.4, 0.5) is 0 Å². The maximum atomic E-state index is 6.07. The zero-order chi connectivity index (χ0) is 11.4. The second kappa shape index (κ2) is 5.48. The van der Waals surface area contributed by atoms with Crippen molar-refractivity contribution in [2.75, 3.05) is 19.8 Å². The molecule has 3 nitrogen and oxygen atoms in total. The first-order chi connectivity index (χ1) is 7.74. The summed E-state index contributed by atoms with van der Waals surface area (Å²) in [7, 11) is 0. The Bertz CT molecular complexity index is 218. The fraction of sp³-hybridized carbons (Fsp3) is 1.00. The Morgan fingerprint density at radius 1 is 1.31 bits per heavy atom. The summed E-state index contributed by atoms with van der Waals surface area (Å²) in [5.41, 5.74) is 0.112. The highest BCUT2D eigenvalue weighted by Crippen LogP contribution is 2.36. The zero-order valence-corrected chi connectivity index (χ0v) is 10.6. The second-order valence-corrected chi connectivity index (χ2v) is 5.31. The molecule has 0 bridgehead atoms. The minimum Gasteiger partial charge on any atom is -0.378 e. The van der Waals surface area contributed by atoms with Crippen molar-refractivity contribution in [3.05, 3.63) is 0 Å². The highest BCUT2D eigenvalue weighted by Gasteiger charge is 2.40. The normalized spacial score (nSPS) is 40.1. The van der Waals surface area contributed by atoms with Crippen molar-refractivity contribution in [3.8, 4) is 0 Å². The molecule has 2 aliphatic rings. The van der Waals surface area contributed by atoms with E-state index in [-0.39, 0.29) is 5.60 Å². The van der Waals surface area contributed by atoms with E-state index in [1.807, 2.05) is 0 Å². The van der Waals surface area contributed by atoms with Gasteiger partial charge in [-0.15, -0.1) is 0 Å². The summed E-state index contributed by atoms with van der Waals surface area (Å²) in [4.78, 5) is 0. The molecule has 0 aromatic heterocycles. The van der Waals surface area contributed by atoms with E-state index in [4.69, 9.17) is 9.47 Å². The third kappa shape index (κ3) is 2.96. The van der Waals surface area contributed by atoms with Crippen LogP contribution in [-0.2, 0) is 9.47 Å². The van der Waals surface area contributed by atoms with Gasteiger partial charge < -0.3 is 14.8 Å². The van der Waals surface area contributed by atoms with Crippen LogP contribution in [0.2, 0.25) is 0 Å². The molecule has 1 spiro atoms. The van der Waals surface area contributed by atoms with Gasteiger partial charge in [-0.2, -0.15) is 0 Å². The van der Waals surface area contributed by atoms with Crippen LogP contribution in [0.25, 0.3) is 0 Å². The fourth-order valence-electron chi connectivity index (χ4n) is 3.00. The van der Waals surface area contributed by atoms with E-state index in [9.17, 15) is 0 Å². The largest absolute Gasteiger partial charge is 0.378 e. The number of hydrogen-bond donors (Lipinski definition) is 1. The maximum Gasteiger partial charge on any atom is 0.0743 e. The first-order valence-electron chi connectivity index (χ1n) is 6.73. The van der Waals surface area contributed by atoms with Gasteiger partial charge in [0.2, 0.25) is 0 Å². The monoisotopic (exact) mass is 227 g/mol. The number of ether oxygens (including phenoxy) is 2. The van der Waals surface area contributed by atoms with E-state index in [0.717, 1.165) is 39.0 Å². The van der Waals surface area contributed by atoms with Crippen LogP contribution in [0.5, 0.6) is 0 Å². The quantitative estimate of drug-likeness (QED) is 0.801. The molecule has 3 heteroatoms. The van der Waals surface area contributed by atoms with Crippen LogP contribution in [0, 0.1) is 0 Å². The molecule has 3 unspecified atom stereocenters. The van der Waals surface area contributed by atoms with Crippen LogP contribution in [0.1, 0.15) is 46.0 Å². The Kier molecular flexibility index (Phi) is 4.22. The third-order valence-electron chi connectivity index (χ3n) is 3.80. The summed E-state index contributed by atoms with van der Waals surface area (Å²) in [6.07, 6.45) is 6.04. The molecule has 2 rings (SSSR count). The van der Waals surface area contributed by atoms with Crippen LogP contribution < -0.4 is 5.32 Å². The van der Waals surface area contributed by atoms with Gasteiger partial charge in [0, 0.05) is 25.7 Å². The van der Waals surface area contributed by atoms with Crippen LogP contribution in [0.15, 0.2) is 0 Å². The summed E-state index contributed by atoms with van der Waals surface area (Å²) in [5, 5.41) is 3.64. The minimum atomic E-state index is 0.112. The lowest BCUT2D eigenvalue weighted by atomic mass is 9.82. The molecule has 2 aliphatic heterocycles. The molecule has 0 aromatic rings. The van der Waals surface area contributed by atoms with E-state index in [1.54, 1.807) is 0 Å². The lowest BCUT2D eigenvalue weighted by molar-refractivity contribution is -0.159. The molecule has 0 aromatic carbocycles. The Morgan fingerprint density at radius 3 is 2.94 bits per heavy atom. The number of rotatable bonds is 3. The average molecular weight is 227 g/mol. The molecule has 0 amide bonds. The predicted molar refractivity (Wildman–Crippen MR) is 64.6 cm³/mol. The molecule has 1 N–H and O–H groups in total. The van der Waals surface area contributed by atoms with Gasteiger partial charge in [-0.05, 0) is 39.2 Å². The Morgan fingerprint density at radius 2 is 2.19 bits per heavy atom. The lowest BCUT2D eigenvalue weighted by Gasteiger charge is -2.45. The predicted octanol–water partition coefficient (Wildman–Crippen LogP) is 2.10. The topological polar surface area (TPSA) is 30.5 Å². The van der Waals surface area contributed by atoms with E-state index in [1.165, 1.54) is 12.8 Å². The van der Waals surface area contributed by atoms with E-state index >= 15 is 0 Å². The lowest BCUT2D eigenvalue weighted by Crippen LogP contribution is -2.51. The van der Waals surface area contributed by atoms with Crippen molar-refractivity contribution in [1.29, 1.82) is 0 Å². The van der Waals surface area contributed by atoms with Crippen molar-refractivity contribution >= 4 is 0 Å². The van der Waals surface area contributed by atoms with Gasteiger partial charge in [-0.25, -0.2) is 0 Å². The SMILES string of the molecule is CCCNC1CCOC2(CCOC(C)C2)C1. The van der Waals surface area contributed by atoms with Crippen molar-refractivity contribution in [3.63, 3.8) is 0 Å². The van der Waals surface area contributed by atoms with Gasteiger partial charge in [0.25, 0.3) is 0 Å². The average Bonchev–Trinajstić information content (AvgIpc) is 2.26. The standard InChI is InChI=1S/C13H25NO2/c1-3-6-14-12-4-7-16-13(10-12)5-8-15-11(2)9-13/h11-12,14H,3-10H2,1-2H3. The molecular formula is C13H25NO2. The van der Waals surface area contributed by atoms with Crippen LogP contribution in [0.3, 0.4) is 0 Å². The van der Waals surface area contributed by atoms with Crippen molar-refractivity contribution in [2.45, 2.75) is 63.7 Å². The van der Waals surface area contributed by atoms with E-state index in [2.05, 4.69) is 19.2 Å². The molecule has 2 saturated heterocycles. The smallest absolute Gasteiger partial charge is 0.0743 e. The molecular weight excluding hydrogens is 202 g/mol. The zero-order valence-electron chi connectivity index (χ0n) is 10.6. The minimum absolute atomic E-state index is 0.112. The highest BCUT2D eigenvalue weighted by molar-refractivity contribution is 4.93. The van der Waals surface area contributed by atoms with Crippen LogP contribution >= 0.6 is 0 Å². The van der Waals surface area contributed by atoms with Gasteiger partial charge in [-0.3, -0.25) is 0 Å². The molecule has 0 aliphatic carbocycles.